The lowest BCUT2D eigenvalue weighted by atomic mass is 10.2. The minimum Gasteiger partial charge on any atom is -0.497 e. The third-order valence-electron chi connectivity index (χ3n) is 1.29. The highest BCUT2D eigenvalue weighted by Crippen LogP contribution is 2.17. The number of ether oxygens (including phenoxy) is 1. The molecular formula is C8H6INO. The van der Waals surface area contributed by atoms with E-state index in [2.05, 4.69) is 28.7 Å². The van der Waals surface area contributed by atoms with Gasteiger partial charge in [-0.1, -0.05) is 0 Å². The molecule has 0 aromatic heterocycles. The fourth-order valence-corrected chi connectivity index (χ4v) is 1.17. The molecule has 0 aliphatic rings. The quantitative estimate of drug-likeness (QED) is 0.724. The molecule has 0 amide bonds. The minimum atomic E-state index is 0.657. The van der Waals surface area contributed by atoms with E-state index < -0.39 is 0 Å². The molecule has 1 aromatic rings. The molecule has 2 nitrogen and oxygen atoms in total. The summed E-state index contributed by atoms with van der Waals surface area (Å²) in [6, 6.07) is 7.50. The van der Waals surface area contributed by atoms with Crippen molar-refractivity contribution in [2.24, 2.45) is 0 Å². The normalized spacial score (nSPS) is 8.82. The van der Waals surface area contributed by atoms with E-state index in [1.165, 1.54) is 0 Å². The first-order valence-corrected chi connectivity index (χ1v) is 4.09. The molecule has 56 valence electrons. The zero-order valence-corrected chi connectivity index (χ0v) is 8.12. The van der Waals surface area contributed by atoms with Gasteiger partial charge < -0.3 is 4.74 Å². The number of hydrogen-bond donors (Lipinski definition) is 0. The molecule has 1 aromatic carbocycles. The monoisotopic (exact) mass is 259 g/mol. The number of nitriles is 1. The lowest BCUT2D eigenvalue weighted by molar-refractivity contribution is 0.414. The highest BCUT2D eigenvalue weighted by atomic mass is 127. The molecule has 0 atom stereocenters. The van der Waals surface area contributed by atoms with E-state index in [4.69, 9.17) is 10.00 Å². The molecule has 0 saturated carbocycles. The molecule has 0 spiro atoms. The van der Waals surface area contributed by atoms with Crippen LogP contribution in [0, 0.1) is 14.9 Å². The van der Waals surface area contributed by atoms with E-state index >= 15 is 0 Å². The molecule has 0 aliphatic heterocycles. The Morgan fingerprint density at radius 3 is 2.82 bits per heavy atom. The Labute approximate surface area is 78.9 Å². The first-order chi connectivity index (χ1) is 5.27. The van der Waals surface area contributed by atoms with Gasteiger partial charge in [-0.25, -0.2) is 0 Å². The van der Waals surface area contributed by atoms with Gasteiger partial charge in [0.15, 0.2) is 0 Å². The molecule has 0 bridgehead atoms. The molecule has 0 N–H and O–H groups in total. The maximum atomic E-state index is 8.63. The molecule has 3 heteroatoms. The molecule has 0 heterocycles. The fraction of sp³-hybridized carbons (Fsp3) is 0.125. The van der Waals surface area contributed by atoms with Gasteiger partial charge in [0.05, 0.1) is 12.7 Å². The van der Waals surface area contributed by atoms with Gasteiger partial charge >= 0.3 is 0 Å². The Morgan fingerprint density at radius 1 is 1.55 bits per heavy atom. The first kappa shape index (κ1) is 8.34. The Morgan fingerprint density at radius 2 is 2.27 bits per heavy atom. The van der Waals surface area contributed by atoms with Crippen molar-refractivity contribution >= 4 is 22.6 Å². The van der Waals surface area contributed by atoms with E-state index in [9.17, 15) is 0 Å². The molecule has 11 heavy (non-hydrogen) atoms. The molecular weight excluding hydrogens is 253 g/mol. The summed E-state index contributed by atoms with van der Waals surface area (Å²) < 4.78 is 5.91. The summed E-state index contributed by atoms with van der Waals surface area (Å²) >= 11 is 2.12. The van der Waals surface area contributed by atoms with Gasteiger partial charge in [-0.2, -0.15) is 5.26 Å². The summed E-state index contributed by atoms with van der Waals surface area (Å²) in [5, 5.41) is 8.63. The maximum absolute atomic E-state index is 8.63. The van der Waals surface area contributed by atoms with E-state index in [-0.39, 0.29) is 0 Å². The van der Waals surface area contributed by atoms with E-state index in [1.54, 1.807) is 13.2 Å². The number of methoxy groups -OCH3 is 1. The summed E-state index contributed by atoms with van der Waals surface area (Å²) in [5.41, 5.74) is 0.657. The van der Waals surface area contributed by atoms with Gasteiger partial charge in [0.2, 0.25) is 0 Å². The average molecular weight is 259 g/mol. The highest BCUT2D eigenvalue weighted by molar-refractivity contribution is 14.1. The van der Waals surface area contributed by atoms with Gasteiger partial charge in [0.25, 0.3) is 0 Å². The van der Waals surface area contributed by atoms with Crippen LogP contribution in [0.25, 0.3) is 0 Å². The van der Waals surface area contributed by atoms with Crippen molar-refractivity contribution in [3.8, 4) is 11.8 Å². The van der Waals surface area contributed by atoms with E-state index in [1.807, 2.05) is 12.1 Å². The molecule has 0 fully saturated rings. The van der Waals surface area contributed by atoms with Crippen LogP contribution in [0.2, 0.25) is 0 Å². The third-order valence-corrected chi connectivity index (χ3v) is 2.23. The van der Waals surface area contributed by atoms with Crippen LogP contribution in [0.4, 0.5) is 0 Å². The molecule has 0 unspecified atom stereocenters. The SMILES string of the molecule is COc1ccc(I)c(C#N)c1. The summed E-state index contributed by atoms with van der Waals surface area (Å²) in [6.07, 6.45) is 0. The number of rotatable bonds is 1. The highest BCUT2D eigenvalue weighted by Gasteiger charge is 1.98. The predicted molar refractivity (Wildman–Crippen MR) is 50.4 cm³/mol. The zero-order valence-electron chi connectivity index (χ0n) is 5.97. The van der Waals surface area contributed by atoms with Crippen LogP contribution >= 0.6 is 22.6 Å². The summed E-state index contributed by atoms with van der Waals surface area (Å²) in [7, 11) is 1.59. The summed E-state index contributed by atoms with van der Waals surface area (Å²) in [6.45, 7) is 0. The third kappa shape index (κ3) is 1.84. The Kier molecular flexibility index (Phi) is 2.71. The van der Waals surface area contributed by atoms with Crippen LogP contribution in [-0.4, -0.2) is 7.11 Å². The van der Waals surface area contributed by atoms with E-state index in [0.717, 1.165) is 9.32 Å². The Hall–Kier alpha value is -0.760. The van der Waals surface area contributed by atoms with E-state index in [0.29, 0.717) is 5.56 Å². The average Bonchev–Trinajstić information content (AvgIpc) is 2.05. The zero-order chi connectivity index (χ0) is 8.27. The summed E-state index contributed by atoms with van der Waals surface area (Å²) in [4.78, 5) is 0. The minimum absolute atomic E-state index is 0.657. The number of hydrogen-bond acceptors (Lipinski definition) is 2. The van der Waals surface area contributed by atoms with Crippen molar-refractivity contribution in [3.63, 3.8) is 0 Å². The number of nitrogens with zero attached hydrogens (tertiary/aromatic N) is 1. The van der Waals surface area contributed by atoms with Crippen LogP contribution in [0.1, 0.15) is 5.56 Å². The van der Waals surface area contributed by atoms with Gasteiger partial charge in [0, 0.05) is 3.57 Å². The molecule has 1 rings (SSSR count). The summed E-state index contributed by atoms with van der Waals surface area (Å²) in [5.74, 6) is 0.724. The second kappa shape index (κ2) is 3.58. The van der Waals surface area contributed by atoms with Crippen molar-refractivity contribution in [1.29, 1.82) is 5.26 Å². The fourth-order valence-electron chi connectivity index (χ4n) is 0.717. The standard InChI is InChI=1S/C8H6INO/c1-11-7-2-3-8(9)6(4-7)5-10/h2-4H,1H3. The lowest BCUT2D eigenvalue weighted by Gasteiger charge is -1.99. The van der Waals surface area contributed by atoms with Crippen LogP contribution < -0.4 is 4.74 Å². The van der Waals surface area contributed by atoms with Crippen molar-refractivity contribution < 1.29 is 4.74 Å². The largest absolute Gasteiger partial charge is 0.497 e. The van der Waals surface area contributed by atoms with Gasteiger partial charge in [-0.05, 0) is 40.8 Å². The van der Waals surface area contributed by atoms with Gasteiger partial charge in [-0.15, -0.1) is 0 Å². The molecule has 0 saturated heterocycles. The van der Waals surface area contributed by atoms with Gasteiger partial charge in [0.1, 0.15) is 11.8 Å². The van der Waals surface area contributed by atoms with Crippen LogP contribution in [0.5, 0.6) is 5.75 Å². The van der Waals surface area contributed by atoms with Crippen LogP contribution in [0.15, 0.2) is 18.2 Å². The smallest absolute Gasteiger partial charge is 0.120 e. The second-order valence-corrected chi connectivity index (χ2v) is 3.12. The number of benzene rings is 1. The van der Waals surface area contributed by atoms with Crippen molar-refractivity contribution in [2.75, 3.05) is 7.11 Å². The Bertz CT molecular complexity index is 303. The first-order valence-electron chi connectivity index (χ1n) is 3.01. The predicted octanol–water partition coefficient (Wildman–Crippen LogP) is 2.17. The van der Waals surface area contributed by atoms with Crippen LogP contribution in [-0.2, 0) is 0 Å². The maximum Gasteiger partial charge on any atom is 0.120 e. The number of halogens is 1. The van der Waals surface area contributed by atoms with Gasteiger partial charge in [-0.3, -0.25) is 0 Å². The van der Waals surface area contributed by atoms with Crippen molar-refractivity contribution in [3.05, 3.63) is 27.3 Å². The Balaban J connectivity index is 3.15. The second-order valence-electron chi connectivity index (χ2n) is 1.96. The molecule has 0 aliphatic carbocycles. The lowest BCUT2D eigenvalue weighted by Crippen LogP contribution is -1.85. The van der Waals surface area contributed by atoms with Crippen molar-refractivity contribution in [1.82, 2.24) is 0 Å². The van der Waals surface area contributed by atoms with Crippen LogP contribution in [0.3, 0.4) is 0 Å². The van der Waals surface area contributed by atoms with Crippen molar-refractivity contribution in [2.45, 2.75) is 0 Å². The topological polar surface area (TPSA) is 33.0 Å². The molecule has 0 radical (unpaired) electrons.